The van der Waals surface area contributed by atoms with Crippen molar-refractivity contribution in [2.24, 2.45) is 0 Å². The van der Waals surface area contributed by atoms with Crippen LogP contribution in [0.2, 0.25) is 0 Å². The summed E-state index contributed by atoms with van der Waals surface area (Å²) in [6, 6.07) is 12.9. The molecule has 3 rings (SSSR count). The van der Waals surface area contributed by atoms with Crippen molar-refractivity contribution in [2.45, 2.75) is 38.3 Å². The molecule has 1 heterocycles. The van der Waals surface area contributed by atoms with Crippen molar-refractivity contribution in [2.75, 3.05) is 13.2 Å². The van der Waals surface area contributed by atoms with Gasteiger partial charge in [0, 0.05) is 22.5 Å². The normalized spacial score (nSPS) is 23.1. The minimum absolute atomic E-state index is 0.00809. The Kier molecular flexibility index (Phi) is 4.08. The molecule has 112 valence electrons. The number of hydrogen-bond acceptors (Lipinski definition) is 2. The zero-order valence-corrected chi connectivity index (χ0v) is 14.4. The average Bonchev–Trinajstić information content (AvgIpc) is 2.47. The number of rotatable bonds is 2. The molecule has 21 heavy (non-hydrogen) atoms. The van der Waals surface area contributed by atoms with Gasteiger partial charge in [-0.2, -0.15) is 0 Å². The summed E-state index contributed by atoms with van der Waals surface area (Å²) in [6.07, 6.45) is 0.177. The standard InChI is InChI=1S/C18H22BrNO/c1-12(17-18(2,3)20-10-11-21-17)13-8-9-16(19)15-7-5-4-6-14(13)15/h4-9,12,17,20H,10-11H2,1-3H3. The van der Waals surface area contributed by atoms with E-state index in [0.29, 0.717) is 5.92 Å². The Bertz CT molecular complexity index is 653. The summed E-state index contributed by atoms with van der Waals surface area (Å²) in [5.41, 5.74) is 1.35. The van der Waals surface area contributed by atoms with E-state index >= 15 is 0 Å². The zero-order chi connectivity index (χ0) is 15.0. The highest BCUT2D eigenvalue weighted by Gasteiger charge is 2.37. The molecule has 0 saturated carbocycles. The fourth-order valence-electron chi connectivity index (χ4n) is 3.48. The molecule has 3 heteroatoms. The van der Waals surface area contributed by atoms with Gasteiger partial charge >= 0.3 is 0 Å². The van der Waals surface area contributed by atoms with Gasteiger partial charge in [-0.25, -0.2) is 0 Å². The maximum atomic E-state index is 6.11. The van der Waals surface area contributed by atoms with Gasteiger partial charge in [0.25, 0.3) is 0 Å². The first kappa shape index (κ1) is 15.0. The first-order valence-electron chi connectivity index (χ1n) is 7.54. The third-order valence-corrected chi connectivity index (χ3v) is 5.23. The zero-order valence-electron chi connectivity index (χ0n) is 12.8. The summed E-state index contributed by atoms with van der Waals surface area (Å²) in [5, 5.41) is 6.16. The van der Waals surface area contributed by atoms with E-state index in [1.165, 1.54) is 16.3 Å². The highest BCUT2D eigenvalue weighted by atomic mass is 79.9. The third kappa shape index (κ3) is 2.75. The molecular formula is C18H22BrNO. The van der Waals surface area contributed by atoms with Crippen LogP contribution in [0.15, 0.2) is 40.9 Å². The quantitative estimate of drug-likeness (QED) is 0.864. The SMILES string of the molecule is CC(c1ccc(Br)c2ccccc12)C1OCCNC1(C)C. The van der Waals surface area contributed by atoms with Crippen molar-refractivity contribution in [3.05, 3.63) is 46.4 Å². The number of nitrogens with one attached hydrogen (secondary N) is 1. The van der Waals surface area contributed by atoms with Gasteiger partial charge in [0.15, 0.2) is 0 Å². The van der Waals surface area contributed by atoms with Crippen molar-refractivity contribution in [3.8, 4) is 0 Å². The van der Waals surface area contributed by atoms with E-state index in [2.05, 4.69) is 78.4 Å². The fraction of sp³-hybridized carbons (Fsp3) is 0.444. The van der Waals surface area contributed by atoms with Gasteiger partial charge in [0.1, 0.15) is 0 Å². The largest absolute Gasteiger partial charge is 0.374 e. The number of morpholine rings is 1. The first-order chi connectivity index (χ1) is 10.0. The first-order valence-corrected chi connectivity index (χ1v) is 8.34. The Labute approximate surface area is 135 Å². The van der Waals surface area contributed by atoms with Crippen LogP contribution in [0.25, 0.3) is 10.8 Å². The molecule has 0 radical (unpaired) electrons. The van der Waals surface area contributed by atoms with Crippen molar-refractivity contribution in [1.29, 1.82) is 0 Å². The van der Waals surface area contributed by atoms with E-state index in [0.717, 1.165) is 17.6 Å². The molecular weight excluding hydrogens is 326 g/mol. The van der Waals surface area contributed by atoms with E-state index in [4.69, 9.17) is 4.74 Å². The van der Waals surface area contributed by atoms with Gasteiger partial charge in [-0.1, -0.05) is 53.2 Å². The second kappa shape index (κ2) is 5.71. The Morgan fingerprint density at radius 1 is 1.19 bits per heavy atom. The molecule has 2 unspecified atom stereocenters. The third-order valence-electron chi connectivity index (χ3n) is 4.54. The van der Waals surface area contributed by atoms with Gasteiger partial charge in [0.2, 0.25) is 0 Å². The summed E-state index contributed by atoms with van der Waals surface area (Å²) < 4.78 is 7.26. The molecule has 1 fully saturated rings. The highest BCUT2D eigenvalue weighted by Crippen LogP contribution is 2.36. The molecule has 2 aromatic rings. The van der Waals surface area contributed by atoms with Crippen LogP contribution in [0.1, 0.15) is 32.3 Å². The summed E-state index contributed by atoms with van der Waals surface area (Å²) in [4.78, 5) is 0. The summed E-state index contributed by atoms with van der Waals surface area (Å²) >= 11 is 3.65. The van der Waals surface area contributed by atoms with Crippen LogP contribution in [0.5, 0.6) is 0 Å². The van der Waals surface area contributed by atoms with Crippen LogP contribution in [0, 0.1) is 0 Å². The Hall–Kier alpha value is -0.900. The lowest BCUT2D eigenvalue weighted by Gasteiger charge is -2.43. The van der Waals surface area contributed by atoms with E-state index in [1.54, 1.807) is 0 Å². The number of benzene rings is 2. The predicted octanol–water partition coefficient (Wildman–Crippen LogP) is 4.47. The molecule has 1 aliphatic rings. The van der Waals surface area contributed by atoms with E-state index in [9.17, 15) is 0 Å². The maximum absolute atomic E-state index is 6.11. The molecule has 2 nitrogen and oxygen atoms in total. The fourth-order valence-corrected chi connectivity index (χ4v) is 3.96. The number of fused-ring (bicyclic) bond motifs is 1. The average molecular weight is 348 g/mol. The molecule has 1 saturated heterocycles. The van der Waals surface area contributed by atoms with Gasteiger partial charge in [-0.15, -0.1) is 0 Å². The highest BCUT2D eigenvalue weighted by molar-refractivity contribution is 9.10. The lowest BCUT2D eigenvalue weighted by molar-refractivity contribution is -0.0487. The Morgan fingerprint density at radius 2 is 1.90 bits per heavy atom. The Morgan fingerprint density at radius 3 is 2.62 bits per heavy atom. The maximum Gasteiger partial charge on any atom is 0.0817 e. The van der Waals surface area contributed by atoms with E-state index in [-0.39, 0.29) is 11.6 Å². The van der Waals surface area contributed by atoms with E-state index < -0.39 is 0 Å². The molecule has 0 spiro atoms. The van der Waals surface area contributed by atoms with Gasteiger partial charge in [0.05, 0.1) is 12.7 Å². The molecule has 2 atom stereocenters. The van der Waals surface area contributed by atoms with Crippen LogP contribution in [0.3, 0.4) is 0 Å². The van der Waals surface area contributed by atoms with Crippen molar-refractivity contribution < 1.29 is 4.74 Å². The lowest BCUT2D eigenvalue weighted by atomic mass is 9.81. The second-order valence-corrected chi connectivity index (χ2v) is 7.27. The van der Waals surface area contributed by atoms with Crippen LogP contribution in [-0.2, 0) is 4.74 Å². The monoisotopic (exact) mass is 347 g/mol. The lowest BCUT2D eigenvalue weighted by Crippen LogP contribution is -2.57. The predicted molar refractivity (Wildman–Crippen MR) is 91.9 cm³/mol. The van der Waals surface area contributed by atoms with Crippen LogP contribution in [-0.4, -0.2) is 24.8 Å². The minimum atomic E-state index is -0.00809. The smallest absolute Gasteiger partial charge is 0.0817 e. The Balaban J connectivity index is 2.06. The topological polar surface area (TPSA) is 21.3 Å². The van der Waals surface area contributed by atoms with Gasteiger partial charge in [-0.3, -0.25) is 0 Å². The van der Waals surface area contributed by atoms with Crippen LogP contribution in [0.4, 0.5) is 0 Å². The molecule has 0 bridgehead atoms. The molecule has 1 N–H and O–H groups in total. The molecule has 0 aliphatic carbocycles. The number of hydrogen-bond donors (Lipinski definition) is 1. The van der Waals surface area contributed by atoms with Crippen molar-refractivity contribution in [1.82, 2.24) is 5.32 Å². The molecule has 0 aromatic heterocycles. The molecule has 2 aromatic carbocycles. The van der Waals surface area contributed by atoms with Gasteiger partial charge < -0.3 is 10.1 Å². The van der Waals surface area contributed by atoms with Crippen LogP contribution < -0.4 is 5.32 Å². The van der Waals surface area contributed by atoms with E-state index in [1.807, 2.05) is 0 Å². The summed E-state index contributed by atoms with van der Waals surface area (Å²) in [6.45, 7) is 8.45. The summed E-state index contributed by atoms with van der Waals surface area (Å²) in [7, 11) is 0. The molecule has 0 amide bonds. The number of ether oxygens (including phenoxy) is 1. The molecule has 1 aliphatic heterocycles. The van der Waals surface area contributed by atoms with Gasteiger partial charge in [-0.05, 0) is 36.2 Å². The summed E-state index contributed by atoms with van der Waals surface area (Å²) in [5.74, 6) is 0.339. The number of halogens is 1. The van der Waals surface area contributed by atoms with Crippen LogP contribution >= 0.6 is 15.9 Å². The second-order valence-electron chi connectivity index (χ2n) is 6.41. The minimum Gasteiger partial charge on any atom is -0.374 e. The van der Waals surface area contributed by atoms with Crippen molar-refractivity contribution in [3.63, 3.8) is 0 Å². The van der Waals surface area contributed by atoms with Crippen molar-refractivity contribution >= 4 is 26.7 Å².